The van der Waals surface area contributed by atoms with E-state index in [4.69, 9.17) is 0 Å². The first-order valence-electron chi connectivity index (χ1n) is 5.73. The summed E-state index contributed by atoms with van der Waals surface area (Å²) in [6.07, 6.45) is 0. The number of hydrogen-bond acceptors (Lipinski definition) is 6. The molecule has 0 aliphatic heterocycles. The first-order chi connectivity index (χ1) is 9.19. The fourth-order valence-corrected chi connectivity index (χ4v) is 3.18. The largest absolute Gasteiger partial charge is 0.363 e. The van der Waals surface area contributed by atoms with Gasteiger partial charge >= 0.3 is 0 Å². The molecule has 7 heteroatoms. The lowest BCUT2D eigenvalue weighted by molar-refractivity contribution is -0.115. The number of rotatable bonds is 5. The third-order valence-corrected chi connectivity index (χ3v) is 4.43. The van der Waals surface area contributed by atoms with Gasteiger partial charge in [-0.1, -0.05) is 41.3 Å². The summed E-state index contributed by atoms with van der Waals surface area (Å²) in [5.41, 5.74) is 0.799. The van der Waals surface area contributed by atoms with Crippen LogP contribution in [0.4, 0.5) is 10.8 Å². The number of anilines is 2. The van der Waals surface area contributed by atoms with Gasteiger partial charge < -0.3 is 10.6 Å². The van der Waals surface area contributed by atoms with Crippen LogP contribution >= 0.6 is 23.1 Å². The molecule has 1 amide bonds. The third-order valence-electron chi connectivity index (χ3n) is 2.31. The second-order valence-electron chi connectivity index (χ2n) is 3.74. The molecule has 0 fully saturated rings. The molecule has 2 aromatic rings. The molecule has 1 atom stereocenters. The van der Waals surface area contributed by atoms with E-state index in [1.807, 2.05) is 37.3 Å². The Kier molecular flexibility index (Phi) is 4.75. The molecule has 2 N–H and O–H groups in total. The molecule has 0 unspecified atom stereocenters. The van der Waals surface area contributed by atoms with E-state index < -0.39 is 0 Å². The van der Waals surface area contributed by atoms with Crippen molar-refractivity contribution in [2.45, 2.75) is 16.5 Å². The summed E-state index contributed by atoms with van der Waals surface area (Å²) in [5, 5.41) is 14.2. The van der Waals surface area contributed by atoms with Gasteiger partial charge in [-0.25, -0.2) is 0 Å². The molecule has 2 rings (SSSR count). The molecule has 0 bridgehead atoms. The summed E-state index contributed by atoms with van der Waals surface area (Å²) in [4.78, 5) is 12.0. The average Bonchev–Trinajstić information content (AvgIpc) is 2.87. The SMILES string of the molecule is CNc1nnc(S[C@@H](C)C(=O)Nc2ccccc2)s1. The van der Waals surface area contributed by atoms with Crippen LogP contribution in [0.25, 0.3) is 0 Å². The number of para-hydroxylation sites is 1. The van der Waals surface area contributed by atoms with Crippen LogP contribution in [-0.4, -0.2) is 28.4 Å². The number of nitrogens with zero attached hydrogens (tertiary/aromatic N) is 2. The Morgan fingerprint density at radius 2 is 2.05 bits per heavy atom. The minimum Gasteiger partial charge on any atom is -0.363 e. The molecule has 0 spiro atoms. The van der Waals surface area contributed by atoms with Gasteiger partial charge in [-0.05, 0) is 19.1 Å². The number of benzene rings is 1. The number of carbonyl (C=O) groups is 1. The number of carbonyl (C=O) groups excluding carboxylic acids is 1. The van der Waals surface area contributed by atoms with E-state index in [0.29, 0.717) is 0 Å². The second-order valence-corrected chi connectivity index (χ2v) is 6.30. The fourth-order valence-electron chi connectivity index (χ4n) is 1.33. The van der Waals surface area contributed by atoms with Crippen LogP contribution in [0.5, 0.6) is 0 Å². The smallest absolute Gasteiger partial charge is 0.237 e. The number of nitrogens with one attached hydrogen (secondary N) is 2. The fraction of sp³-hybridized carbons (Fsp3) is 0.250. The lowest BCUT2D eigenvalue weighted by Gasteiger charge is -2.09. The highest BCUT2D eigenvalue weighted by molar-refractivity contribution is 8.02. The van der Waals surface area contributed by atoms with Crippen molar-refractivity contribution in [1.29, 1.82) is 0 Å². The van der Waals surface area contributed by atoms with Crippen molar-refractivity contribution < 1.29 is 4.79 Å². The van der Waals surface area contributed by atoms with Gasteiger partial charge in [-0.3, -0.25) is 4.79 Å². The van der Waals surface area contributed by atoms with E-state index in [0.717, 1.165) is 15.2 Å². The van der Waals surface area contributed by atoms with E-state index >= 15 is 0 Å². The van der Waals surface area contributed by atoms with Crippen LogP contribution in [0.3, 0.4) is 0 Å². The van der Waals surface area contributed by atoms with Crippen molar-refractivity contribution in [2.24, 2.45) is 0 Å². The lowest BCUT2D eigenvalue weighted by Crippen LogP contribution is -2.22. The molecular weight excluding hydrogens is 280 g/mol. The first-order valence-corrected chi connectivity index (χ1v) is 7.42. The topological polar surface area (TPSA) is 66.9 Å². The van der Waals surface area contributed by atoms with E-state index in [-0.39, 0.29) is 11.2 Å². The number of aromatic nitrogens is 2. The van der Waals surface area contributed by atoms with Crippen molar-refractivity contribution in [3.05, 3.63) is 30.3 Å². The average molecular weight is 294 g/mol. The van der Waals surface area contributed by atoms with E-state index in [1.54, 1.807) is 7.05 Å². The summed E-state index contributed by atoms with van der Waals surface area (Å²) >= 11 is 2.83. The minimum absolute atomic E-state index is 0.0441. The van der Waals surface area contributed by atoms with Crippen LogP contribution in [0.15, 0.2) is 34.7 Å². The Morgan fingerprint density at radius 1 is 1.32 bits per heavy atom. The molecule has 0 radical (unpaired) electrons. The van der Waals surface area contributed by atoms with Crippen LogP contribution in [0.1, 0.15) is 6.92 Å². The summed E-state index contributed by atoms with van der Waals surface area (Å²) < 4.78 is 0.778. The molecule has 0 saturated carbocycles. The number of hydrogen-bond donors (Lipinski definition) is 2. The summed E-state index contributed by atoms with van der Waals surface area (Å²) in [7, 11) is 1.79. The summed E-state index contributed by atoms with van der Waals surface area (Å²) in [5.74, 6) is -0.0441. The molecule has 1 aromatic heterocycles. The van der Waals surface area contributed by atoms with Crippen LogP contribution < -0.4 is 10.6 Å². The Balaban J connectivity index is 1.92. The number of thioether (sulfide) groups is 1. The van der Waals surface area contributed by atoms with E-state index in [2.05, 4.69) is 20.8 Å². The van der Waals surface area contributed by atoms with Crippen LogP contribution in [0.2, 0.25) is 0 Å². The van der Waals surface area contributed by atoms with Crippen molar-refractivity contribution >= 4 is 39.8 Å². The molecule has 100 valence electrons. The molecule has 0 aliphatic carbocycles. The maximum absolute atomic E-state index is 12.0. The summed E-state index contributed by atoms with van der Waals surface area (Å²) in [6, 6.07) is 9.40. The summed E-state index contributed by atoms with van der Waals surface area (Å²) in [6.45, 7) is 1.85. The Hall–Kier alpha value is -1.60. The Bertz CT molecular complexity index is 544. The minimum atomic E-state index is -0.224. The first kappa shape index (κ1) is 13.8. The maximum Gasteiger partial charge on any atom is 0.237 e. The molecular formula is C12H14N4OS2. The van der Waals surface area contributed by atoms with Crippen molar-refractivity contribution in [3.63, 3.8) is 0 Å². The molecule has 19 heavy (non-hydrogen) atoms. The molecule has 1 heterocycles. The Labute approximate surface area is 119 Å². The van der Waals surface area contributed by atoms with Crippen molar-refractivity contribution in [3.8, 4) is 0 Å². The van der Waals surface area contributed by atoms with Gasteiger partial charge in [0, 0.05) is 12.7 Å². The van der Waals surface area contributed by atoms with Gasteiger partial charge in [0.2, 0.25) is 11.0 Å². The van der Waals surface area contributed by atoms with Crippen molar-refractivity contribution in [2.75, 3.05) is 17.7 Å². The van der Waals surface area contributed by atoms with E-state index in [1.165, 1.54) is 23.1 Å². The van der Waals surface area contributed by atoms with Gasteiger partial charge in [0.05, 0.1) is 5.25 Å². The molecule has 1 aromatic carbocycles. The number of amides is 1. The van der Waals surface area contributed by atoms with E-state index in [9.17, 15) is 4.79 Å². The second kappa shape index (κ2) is 6.53. The lowest BCUT2D eigenvalue weighted by atomic mass is 10.3. The third kappa shape index (κ3) is 3.93. The molecule has 0 aliphatic rings. The predicted molar refractivity (Wildman–Crippen MR) is 79.8 cm³/mol. The normalized spacial score (nSPS) is 11.9. The van der Waals surface area contributed by atoms with Crippen molar-refractivity contribution in [1.82, 2.24) is 10.2 Å². The van der Waals surface area contributed by atoms with Gasteiger partial charge in [-0.2, -0.15) is 0 Å². The van der Waals surface area contributed by atoms with Gasteiger partial charge in [-0.15, -0.1) is 10.2 Å². The highest BCUT2D eigenvalue weighted by Crippen LogP contribution is 2.29. The predicted octanol–water partition coefficient (Wildman–Crippen LogP) is 2.70. The standard InChI is InChI=1S/C12H14N4OS2/c1-8(18-12-16-15-11(13-2)19-12)10(17)14-9-6-4-3-5-7-9/h3-8H,1-2H3,(H,13,15)(H,14,17)/t8-/m0/s1. The highest BCUT2D eigenvalue weighted by atomic mass is 32.2. The van der Waals surface area contributed by atoms with Gasteiger partial charge in [0.25, 0.3) is 0 Å². The van der Waals surface area contributed by atoms with Gasteiger partial charge in [0.15, 0.2) is 4.34 Å². The zero-order valence-corrected chi connectivity index (χ0v) is 12.2. The maximum atomic E-state index is 12.0. The zero-order valence-electron chi connectivity index (χ0n) is 10.6. The quantitative estimate of drug-likeness (QED) is 0.830. The van der Waals surface area contributed by atoms with Gasteiger partial charge in [0.1, 0.15) is 0 Å². The monoisotopic (exact) mass is 294 g/mol. The van der Waals surface area contributed by atoms with Crippen LogP contribution in [0, 0.1) is 0 Å². The Morgan fingerprint density at radius 3 is 2.68 bits per heavy atom. The zero-order chi connectivity index (χ0) is 13.7. The highest BCUT2D eigenvalue weighted by Gasteiger charge is 2.17. The molecule has 5 nitrogen and oxygen atoms in total. The molecule has 0 saturated heterocycles. The van der Waals surface area contributed by atoms with Crippen LogP contribution in [-0.2, 0) is 4.79 Å².